The first-order chi connectivity index (χ1) is 11.8. The van der Waals surface area contributed by atoms with Crippen molar-refractivity contribution in [1.82, 2.24) is 9.29 Å². The Balaban J connectivity index is 1.78. The molecule has 2 N–H and O–H groups in total. The summed E-state index contributed by atoms with van der Waals surface area (Å²) in [6, 6.07) is 12.2. The van der Waals surface area contributed by atoms with Gasteiger partial charge in [0.25, 0.3) is 0 Å². The first-order valence-electron chi connectivity index (χ1n) is 7.77. The predicted octanol–water partition coefficient (Wildman–Crippen LogP) is 3.15. The molecule has 3 rings (SSSR count). The van der Waals surface area contributed by atoms with Crippen LogP contribution >= 0.6 is 11.6 Å². The lowest BCUT2D eigenvalue weighted by Crippen LogP contribution is -2.29. The summed E-state index contributed by atoms with van der Waals surface area (Å²) < 4.78 is 29.4. The number of aryl methyl sites for hydroxylation is 1. The van der Waals surface area contributed by atoms with Gasteiger partial charge in [0, 0.05) is 30.3 Å². The molecule has 0 aliphatic heterocycles. The molecule has 1 heterocycles. The van der Waals surface area contributed by atoms with E-state index in [-0.39, 0.29) is 11.4 Å². The second kappa shape index (κ2) is 6.80. The van der Waals surface area contributed by atoms with E-state index in [0.29, 0.717) is 16.1 Å². The number of aliphatic hydroxyl groups is 1. The van der Waals surface area contributed by atoms with Crippen LogP contribution in [-0.2, 0) is 17.1 Å². The number of nitrogens with zero attached hydrogens (tertiary/aromatic N) is 1. The van der Waals surface area contributed by atoms with Gasteiger partial charge < -0.3 is 9.67 Å². The maximum atomic E-state index is 12.5. The molecule has 1 unspecified atom stereocenters. The quantitative estimate of drug-likeness (QED) is 0.716. The van der Waals surface area contributed by atoms with Gasteiger partial charge >= 0.3 is 0 Å². The number of nitrogens with one attached hydrogen (secondary N) is 1. The Morgan fingerprint density at radius 2 is 2.00 bits per heavy atom. The van der Waals surface area contributed by atoms with Gasteiger partial charge in [-0.1, -0.05) is 23.7 Å². The van der Waals surface area contributed by atoms with Crippen molar-refractivity contribution in [2.24, 2.45) is 7.05 Å². The van der Waals surface area contributed by atoms with Gasteiger partial charge in [-0.15, -0.1) is 0 Å². The lowest BCUT2D eigenvalue weighted by Gasteiger charge is -2.14. The van der Waals surface area contributed by atoms with Gasteiger partial charge in [0.15, 0.2) is 0 Å². The SMILES string of the molecule is Cc1c(Cl)cccc1S(=O)(=O)NCC(O)c1ccc2c(ccn2C)c1. The Bertz CT molecular complexity index is 1030. The molecule has 0 amide bonds. The van der Waals surface area contributed by atoms with Crippen LogP contribution in [0.2, 0.25) is 5.02 Å². The minimum Gasteiger partial charge on any atom is -0.387 e. The van der Waals surface area contributed by atoms with Crippen LogP contribution in [0.3, 0.4) is 0 Å². The number of sulfonamides is 1. The number of fused-ring (bicyclic) bond motifs is 1. The molecule has 25 heavy (non-hydrogen) atoms. The van der Waals surface area contributed by atoms with Crippen molar-refractivity contribution >= 4 is 32.5 Å². The van der Waals surface area contributed by atoms with Crippen molar-refractivity contribution in [2.45, 2.75) is 17.9 Å². The molecule has 0 saturated carbocycles. The highest BCUT2D eigenvalue weighted by Crippen LogP contribution is 2.24. The van der Waals surface area contributed by atoms with Gasteiger partial charge in [0.2, 0.25) is 10.0 Å². The molecule has 0 spiro atoms. The number of hydrogen-bond acceptors (Lipinski definition) is 3. The van der Waals surface area contributed by atoms with Crippen LogP contribution in [0.1, 0.15) is 17.2 Å². The Hall–Kier alpha value is -1.86. The molecule has 0 aliphatic carbocycles. The van der Waals surface area contributed by atoms with Gasteiger partial charge in [-0.3, -0.25) is 0 Å². The third kappa shape index (κ3) is 3.57. The van der Waals surface area contributed by atoms with Crippen LogP contribution < -0.4 is 4.72 Å². The smallest absolute Gasteiger partial charge is 0.240 e. The Morgan fingerprint density at radius 3 is 2.76 bits per heavy atom. The number of hydrogen-bond donors (Lipinski definition) is 2. The van der Waals surface area contributed by atoms with E-state index in [1.165, 1.54) is 6.07 Å². The van der Waals surface area contributed by atoms with Crippen molar-refractivity contribution in [3.8, 4) is 0 Å². The Labute approximate surface area is 151 Å². The number of benzene rings is 2. The first-order valence-corrected chi connectivity index (χ1v) is 9.63. The van der Waals surface area contributed by atoms with E-state index in [1.54, 1.807) is 25.1 Å². The summed E-state index contributed by atoms with van der Waals surface area (Å²) in [5, 5.41) is 11.7. The summed E-state index contributed by atoms with van der Waals surface area (Å²) in [4.78, 5) is 0.116. The van der Waals surface area contributed by atoms with E-state index >= 15 is 0 Å². The fraction of sp³-hybridized carbons (Fsp3) is 0.222. The zero-order valence-corrected chi connectivity index (χ0v) is 15.5. The standard InChI is InChI=1S/C18H19ClN2O3S/c1-12-15(19)4-3-5-18(12)25(23,24)20-11-17(22)14-6-7-16-13(10-14)8-9-21(16)2/h3-10,17,20,22H,11H2,1-2H3. The second-order valence-electron chi connectivity index (χ2n) is 5.98. The molecule has 3 aromatic rings. The lowest BCUT2D eigenvalue weighted by molar-refractivity contribution is 0.182. The average molecular weight is 379 g/mol. The molecule has 0 bridgehead atoms. The van der Waals surface area contributed by atoms with E-state index in [1.807, 2.05) is 36.0 Å². The Kier molecular flexibility index (Phi) is 4.88. The molecule has 2 aromatic carbocycles. The highest BCUT2D eigenvalue weighted by Gasteiger charge is 2.20. The van der Waals surface area contributed by atoms with Gasteiger partial charge in [0.05, 0.1) is 11.0 Å². The van der Waals surface area contributed by atoms with Crippen LogP contribution in [0.4, 0.5) is 0 Å². The molecule has 0 radical (unpaired) electrons. The molecule has 1 atom stereocenters. The topological polar surface area (TPSA) is 71.3 Å². The summed E-state index contributed by atoms with van der Waals surface area (Å²) in [6.45, 7) is 1.53. The fourth-order valence-corrected chi connectivity index (χ4v) is 4.30. The maximum absolute atomic E-state index is 12.5. The summed E-state index contributed by atoms with van der Waals surface area (Å²) in [5.74, 6) is 0. The van der Waals surface area contributed by atoms with E-state index < -0.39 is 16.1 Å². The number of aliphatic hydroxyl groups excluding tert-OH is 1. The van der Waals surface area contributed by atoms with E-state index in [2.05, 4.69) is 4.72 Å². The van der Waals surface area contributed by atoms with Crippen LogP contribution in [0, 0.1) is 6.92 Å². The summed E-state index contributed by atoms with van der Waals surface area (Å²) in [6.07, 6.45) is 0.990. The maximum Gasteiger partial charge on any atom is 0.240 e. The van der Waals surface area contributed by atoms with Gasteiger partial charge in [-0.2, -0.15) is 0 Å². The molecule has 7 heteroatoms. The summed E-state index contributed by atoms with van der Waals surface area (Å²) in [5.41, 5.74) is 2.19. The third-order valence-corrected chi connectivity index (χ3v) is 6.25. The average Bonchev–Trinajstić information content (AvgIpc) is 2.95. The molecule has 5 nitrogen and oxygen atoms in total. The minimum atomic E-state index is -3.75. The third-order valence-electron chi connectivity index (χ3n) is 4.27. The molecule has 132 valence electrons. The Morgan fingerprint density at radius 1 is 1.24 bits per heavy atom. The fourth-order valence-electron chi connectivity index (χ4n) is 2.77. The highest BCUT2D eigenvalue weighted by atomic mass is 35.5. The number of halogens is 1. The molecule has 0 saturated heterocycles. The summed E-state index contributed by atoms with van der Waals surface area (Å²) >= 11 is 5.99. The van der Waals surface area contributed by atoms with Crippen LogP contribution in [0.25, 0.3) is 10.9 Å². The van der Waals surface area contributed by atoms with E-state index in [4.69, 9.17) is 11.6 Å². The largest absolute Gasteiger partial charge is 0.387 e. The monoisotopic (exact) mass is 378 g/mol. The van der Waals surface area contributed by atoms with Crippen molar-refractivity contribution in [1.29, 1.82) is 0 Å². The number of aromatic nitrogens is 1. The summed E-state index contributed by atoms with van der Waals surface area (Å²) in [7, 11) is -1.81. The van der Waals surface area contributed by atoms with Gasteiger partial charge in [-0.05, 0) is 53.8 Å². The first kappa shape index (κ1) is 17.9. The van der Waals surface area contributed by atoms with Crippen LogP contribution in [-0.4, -0.2) is 24.6 Å². The zero-order valence-electron chi connectivity index (χ0n) is 13.9. The zero-order chi connectivity index (χ0) is 18.2. The van der Waals surface area contributed by atoms with Crippen molar-refractivity contribution < 1.29 is 13.5 Å². The van der Waals surface area contributed by atoms with Crippen molar-refractivity contribution in [3.63, 3.8) is 0 Å². The van der Waals surface area contributed by atoms with E-state index in [9.17, 15) is 13.5 Å². The van der Waals surface area contributed by atoms with Gasteiger partial charge in [0.1, 0.15) is 0 Å². The van der Waals surface area contributed by atoms with Crippen molar-refractivity contribution in [2.75, 3.05) is 6.54 Å². The number of rotatable bonds is 5. The molecular weight excluding hydrogens is 360 g/mol. The molecular formula is C18H19ClN2O3S. The van der Waals surface area contributed by atoms with E-state index in [0.717, 1.165) is 10.9 Å². The second-order valence-corrected chi connectivity index (χ2v) is 8.12. The molecule has 0 aliphatic rings. The van der Waals surface area contributed by atoms with Crippen LogP contribution in [0.5, 0.6) is 0 Å². The minimum absolute atomic E-state index is 0.116. The lowest BCUT2D eigenvalue weighted by atomic mass is 10.1. The highest BCUT2D eigenvalue weighted by molar-refractivity contribution is 7.89. The van der Waals surface area contributed by atoms with Crippen molar-refractivity contribution in [3.05, 3.63) is 64.8 Å². The van der Waals surface area contributed by atoms with Crippen LogP contribution in [0.15, 0.2) is 53.6 Å². The normalized spacial score (nSPS) is 13.3. The predicted molar refractivity (Wildman–Crippen MR) is 99.3 cm³/mol. The molecule has 1 aromatic heterocycles. The molecule has 0 fully saturated rings. The van der Waals surface area contributed by atoms with Gasteiger partial charge in [-0.25, -0.2) is 13.1 Å².